The van der Waals surface area contributed by atoms with Gasteiger partial charge in [-0.05, 0) is 31.6 Å². The molecule has 0 aromatic heterocycles. The van der Waals surface area contributed by atoms with Crippen LogP contribution in [0.25, 0.3) is 0 Å². The number of carbonyl (C=O) groups excluding carboxylic acids is 1. The summed E-state index contributed by atoms with van der Waals surface area (Å²) >= 11 is 0. The van der Waals surface area contributed by atoms with Crippen molar-refractivity contribution in [1.29, 1.82) is 0 Å². The summed E-state index contributed by atoms with van der Waals surface area (Å²) < 4.78 is 5.31. The molecule has 0 spiro atoms. The highest BCUT2D eigenvalue weighted by Gasteiger charge is 2.34. The van der Waals surface area contributed by atoms with Crippen molar-refractivity contribution in [3.05, 3.63) is 0 Å². The molecule has 1 aliphatic heterocycles. The Labute approximate surface area is 101 Å². The molecule has 0 aromatic rings. The summed E-state index contributed by atoms with van der Waals surface area (Å²) in [5.41, 5.74) is 0. The van der Waals surface area contributed by atoms with E-state index in [4.69, 9.17) is 9.84 Å². The van der Waals surface area contributed by atoms with Gasteiger partial charge in [0.1, 0.15) is 0 Å². The minimum absolute atomic E-state index is 0.0647. The highest BCUT2D eigenvalue weighted by atomic mass is 16.5. The van der Waals surface area contributed by atoms with E-state index in [-0.39, 0.29) is 17.9 Å². The first-order chi connectivity index (χ1) is 8.08. The second-order valence-electron chi connectivity index (χ2n) is 5.03. The average molecular weight is 241 g/mol. The standard InChI is InChI=1S/C12H19NO4/c1-7(8-2-3-8)11(14)13-6-9-4-5-10(17-9)12(15)16/h7-10H,2-6H2,1H3,(H,13,14)(H,15,16). The predicted octanol–water partition coefficient (Wildman–Crippen LogP) is 0.781. The molecule has 2 fully saturated rings. The van der Waals surface area contributed by atoms with E-state index in [1.165, 1.54) is 0 Å². The van der Waals surface area contributed by atoms with Crippen molar-refractivity contribution in [2.75, 3.05) is 6.54 Å². The number of rotatable bonds is 5. The second kappa shape index (κ2) is 5.04. The molecule has 1 heterocycles. The molecule has 5 heteroatoms. The van der Waals surface area contributed by atoms with E-state index in [2.05, 4.69) is 5.32 Å². The van der Waals surface area contributed by atoms with Crippen LogP contribution >= 0.6 is 0 Å². The van der Waals surface area contributed by atoms with Gasteiger partial charge < -0.3 is 15.2 Å². The third-order valence-electron chi connectivity index (χ3n) is 3.63. The van der Waals surface area contributed by atoms with Gasteiger partial charge in [0.15, 0.2) is 6.10 Å². The largest absolute Gasteiger partial charge is 0.479 e. The van der Waals surface area contributed by atoms with Crippen LogP contribution in [0.2, 0.25) is 0 Å². The Balaban J connectivity index is 1.68. The zero-order valence-electron chi connectivity index (χ0n) is 10.0. The van der Waals surface area contributed by atoms with Crippen LogP contribution in [0.15, 0.2) is 0 Å². The van der Waals surface area contributed by atoms with E-state index in [9.17, 15) is 9.59 Å². The number of carboxylic acid groups (broad SMARTS) is 1. The Bertz CT molecular complexity index is 314. The van der Waals surface area contributed by atoms with Crippen molar-refractivity contribution < 1.29 is 19.4 Å². The Morgan fingerprint density at radius 1 is 1.35 bits per heavy atom. The normalized spacial score (nSPS) is 29.9. The summed E-state index contributed by atoms with van der Waals surface area (Å²) in [4.78, 5) is 22.4. The Hall–Kier alpha value is -1.10. The molecule has 0 radical (unpaired) electrons. The molecular formula is C12H19NO4. The van der Waals surface area contributed by atoms with Crippen molar-refractivity contribution >= 4 is 11.9 Å². The Morgan fingerprint density at radius 3 is 2.59 bits per heavy atom. The minimum Gasteiger partial charge on any atom is -0.479 e. The van der Waals surface area contributed by atoms with E-state index < -0.39 is 12.1 Å². The van der Waals surface area contributed by atoms with Gasteiger partial charge in [-0.3, -0.25) is 4.79 Å². The Morgan fingerprint density at radius 2 is 2.06 bits per heavy atom. The van der Waals surface area contributed by atoms with Crippen LogP contribution in [-0.2, 0) is 14.3 Å². The summed E-state index contributed by atoms with van der Waals surface area (Å²) in [6, 6.07) is 0. The van der Waals surface area contributed by atoms with Gasteiger partial charge in [0.05, 0.1) is 6.10 Å². The lowest BCUT2D eigenvalue weighted by atomic mass is 10.1. The number of ether oxygens (including phenoxy) is 1. The third kappa shape index (κ3) is 3.19. The maximum absolute atomic E-state index is 11.7. The molecule has 2 N–H and O–H groups in total. The van der Waals surface area contributed by atoms with Gasteiger partial charge in [0.2, 0.25) is 5.91 Å². The SMILES string of the molecule is CC(C(=O)NCC1CCC(C(=O)O)O1)C1CC1. The van der Waals surface area contributed by atoms with Crippen LogP contribution in [0.3, 0.4) is 0 Å². The number of hydrogen-bond acceptors (Lipinski definition) is 3. The van der Waals surface area contributed by atoms with Crippen molar-refractivity contribution in [3.8, 4) is 0 Å². The lowest BCUT2D eigenvalue weighted by Crippen LogP contribution is -2.36. The van der Waals surface area contributed by atoms with Crippen molar-refractivity contribution in [2.45, 2.75) is 44.8 Å². The highest BCUT2D eigenvalue weighted by molar-refractivity contribution is 5.79. The zero-order chi connectivity index (χ0) is 12.4. The van der Waals surface area contributed by atoms with Crippen LogP contribution in [0.4, 0.5) is 0 Å². The fraction of sp³-hybridized carbons (Fsp3) is 0.833. The smallest absolute Gasteiger partial charge is 0.332 e. The molecule has 2 rings (SSSR count). The van der Waals surface area contributed by atoms with Gasteiger partial charge in [-0.25, -0.2) is 4.79 Å². The molecule has 3 atom stereocenters. The molecule has 96 valence electrons. The van der Waals surface area contributed by atoms with Crippen LogP contribution < -0.4 is 5.32 Å². The van der Waals surface area contributed by atoms with Gasteiger partial charge in [-0.2, -0.15) is 0 Å². The maximum Gasteiger partial charge on any atom is 0.332 e. The number of nitrogens with one attached hydrogen (secondary N) is 1. The van der Waals surface area contributed by atoms with Crippen LogP contribution in [0.1, 0.15) is 32.6 Å². The molecule has 3 unspecified atom stereocenters. The van der Waals surface area contributed by atoms with Gasteiger partial charge in [-0.1, -0.05) is 6.92 Å². The number of hydrogen-bond donors (Lipinski definition) is 2. The maximum atomic E-state index is 11.7. The fourth-order valence-electron chi connectivity index (χ4n) is 2.22. The molecule has 2 aliphatic rings. The second-order valence-corrected chi connectivity index (χ2v) is 5.03. The van der Waals surface area contributed by atoms with Crippen molar-refractivity contribution in [2.24, 2.45) is 11.8 Å². The predicted molar refractivity (Wildman–Crippen MR) is 60.4 cm³/mol. The number of aliphatic carboxylic acids is 1. The summed E-state index contributed by atoms with van der Waals surface area (Å²) in [6.45, 7) is 2.38. The molecule has 1 amide bonds. The highest BCUT2D eigenvalue weighted by Crippen LogP contribution is 2.36. The van der Waals surface area contributed by atoms with Gasteiger partial charge in [-0.15, -0.1) is 0 Å². The lowest BCUT2D eigenvalue weighted by molar-refractivity contribution is -0.149. The van der Waals surface area contributed by atoms with Gasteiger partial charge in [0, 0.05) is 12.5 Å². The summed E-state index contributed by atoms with van der Waals surface area (Å²) in [6.07, 6.45) is 2.69. The number of amides is 1. The molecule has 0 aromatic carbocycles. The fourth-order valence-corrected chi connectivity index (χ4v) is 2.22. The van der Waals surface area contributed by atoms with Gasteiger partial charge in [0.25, 0.3) is 0 Å². The van der Waals surface area contributed by atoms with Crippen LogP contribution in [-0.4, -0.2) is 35.7 Å². The van der Waals surface area contributed by atoms with Crippen molar-refractivity contribution in [3.63, 3.8) is 0 Å². The average Bonchev–Trinajstić information content (AvgIpc) is 3.03. The number of carboxylic acids is 1. The minimum atomic E-state index is -0.912. The Kier molecular flexibility index (Phi) is 3.66. The molecule has 0 bridgehead atoms. The van der Waals surface area contributed by atoms with E-state index in [1.54, 1.807) is 0 Å². The first-order valence-corrected chi connectivity index (χ1v) is 6.24. The summed E-state index contributed by atoms with van der Waals surface area (Å²) in [5, 5.41) is 11.6. The number of carbonyl (C=O) groups is 2. The quantitative estimate of drug-likeness (QED) is 0.746. The van der Waals surface area contributed by atoms with E-state index in [0.717, 1.165) is 12.8 Å². The third-order valence-corrected chi connectivity index (χ3v) is 3.63. The first-order valence-electron chi connectivity index (χ1n) is 6.24. The van der Waals surface area contributed by atoms with Gasteiger partial charge >= 0.3 is 5.97 Å². The molecule has 5 nitrogen and oxygen atoms in total. The summed E-state index contributed by atoms with van der Waals surface area (Å²) in [5.74, 6) is -0.224. The van der Waals surface area contributed by atoms with E-state index >= 15 is 0 Å². The molecule has 1 saturated carbocycles. The molecule has 1 saturated heterocycles. The molecule has 17 heavy (non-hydrogen) atoms. The summed E-state index contributed by atoms with van der Waals surface area (Å²) in [7, 11) is 0. The molecule has 1 aliphatic carbocycles. The monoisotopic (exact) mass is 241 g/mol. The zero-order valence-corrected chi connectivity index (χ0v) is 10.0. The first kappa shape index (κ1) is 12.4. The van der Waals surface area contributed by atoms with E-state index in [0.29, 0.717) is 25.3 Å². The van der Waals surface area contributed by atoms with Crippen molar-refractivity contribution in [1.82, 2.24) is 5.32 Å². The van der Waals surface area contributed by atoms with Crippen LogP contribution in [0, 0.1) is 11.8 Å². The topological polar surface area (TPSA) is 75.6 Å². The van der Waals surface area contributed by atoms with E-state index in [1.807, 2.05) is 6.92 Å². The molecular weight excluding hydrogens is 222 g/mol. The van der Waals surface area contributed by atoms with Crippen LogP contribution in [0.5, 0.6) is 0 Å². The lowest BCUT2D eigenvalue weighted by Gasteiger charge is -2.15.